The first-order chi connectivity index (χ1) is 9.11. The Morgan fingerprint density at radius 3 is 2.42 bits per heavy atom. The average molecular weight is 269 g/mol. The highest BCUT2D eigenvalue weighted by Crippen LogP contribution is 2.40. The SMILES string of the molecule is COCCCC(=O)N1C2CCC1CC(CC(=O)O)C2. The van der Waals surface area contributed by atoms with Crippen LogP contribution in [-0.2, 0) is 14.3 Å². The highest BCUT2D eigenvalue weighted by atomic mass is 16.5. The number of carboxylic acid groups (broad SMARTS) is 1. The molecule has 2 atom stereocenters. The van der Waals surface area contributed by atoms with Crippen LogP contribution in [0.3, 0.4) is 0 Å². The Labute approximate surface area is 113 Å². The predicted octanol–water partition coefficient (Wildman–Crippen LogP) is 1.66. The lowest BCUT2D eigenvalue weighted by atomic mass is 9.88. The van der Waals surface area contributed by atoms with E-state index in [1.54, 1.807) is 7.11 Å². The number of carboxylic acids is 1. The monoisotopic (exact) mass is 269 g/mol. The molecule has 2 fully saturated rings. The molecule has 5 nitrogen and oxygen atoms in total. The molecule has 0 aromatic heterocycles. The smallest absolute Gasteiger partial charge is 0.303 e. The van der Waals surface area contributed by atoms with Gasteiger partial charge in [0.1, 0.15) is 0 Å². The van der Waals surface area contributed by atoms with Crippen LogP contribution in [0.25, 0.3) is 0 Å². The lowest BCUT2D eigenvalue weighted by Crippen LogP contribution is -2.46. The zero-order chi connectivity index (χ0) is 13.8. The van der Waals surface area contributed by atoms with Gasteiger partial charge in [0.15, 0.2) is 0 Å². The third-order valence-electron chi connectivity index (χ3n) is 4.32. The van der Waals surface area contributed by atoms with Crippen molar-refractivity contribution in [2.45, 2.75) is 57.0 Å². The highest BCUT2D eigenvalue weighted by molar-refractivity contribution is 5.77. The quantitative estimate of drug-likeness (QED) is 0.745. The van der Waals surface area contributed by atoms with Gasteiger partial charge in [-0.1, -0.05) is 0 Å². The zero-order valence-corrected chi connectivity index (χ0v) is 11.5. The lowest BCUT2D eigenvalue weighted by Gasteiger charge is -2.38. The largest absolute Gasteiger partial charge is 0.481 e. The summed E-state index contributed by atoms with van der Waals surface area (Å²) < 4.78 is 4.97. The number of aliphatic carboxylic acids is 1. The number of hydrogen-bond acceptors (Lipinski definition) is 3. The van der Waals surface area contributed by atoms with Crippen LogP contribution in [0, 0.1) is 5.92 Å². The van der Waals surface area contributed by atoms with E-state index in [2.05, 4.69) is 0 Å². The van der Waals surface area contributed by atoms with E-state index in [1.807, 2.05) is 4.90 Å². The molecule has 2 unspecified atom stereocenters. The maximum absolute atomic E-state index is 12.2. The molecule has 0 aromatic carbocycles. The van der Waals surface area contributed by atoms with Crippen molar-refractivity contribution < 1.29 is 19.4 Å². The summed E-state index contributed by atoms with van der Waals surface area (Å²) in [6, 6.07) is 0.552. The van der Waals surface area contributed by atoms with E-state index < -0.39 is 5.97 Å². The van der Waals surface area contributed by atoms with Crippen molar-refractivity contribution in [3.8, 4) is 0 Å². The molecule has 0 spiro atoms. The van der Waals surface area contributed by atoms with Crippen molar-refractivity contribution in [2.75, 3.05) is 13.7 Å². The van der Waals surface area contributed by atoms with Gasteiger partial charge in [0.25, 0.3) is 0 Å². The molecule has 0 aliphatic carbocycles. The van der Waals surface area contributed by atoms with Gasteiger partial charge in [-0.25, -0.2) is 0 Å². The van der Waals surface area contributed by atoms with Crippen LogP contribution in [0.2, 0.25) is 0 Å². The molecular formula is C14H23NO4. The minimum Gasteiger partial charge on any atom is -0.481 e. The molecule has 2 aliphatic rings. The first kappa shape index (κ1) is 14.3. The Bertz CT molecular complexity index is 330. The number of rotatable bonds is 6. The molecule has 2 aliphatic heterocycles. The number of nitrogens with zero attached hydrogens (tertiary/aromatic N) is 1. The van der Waals surface area contributed by atoms with Crippen molar-refractivity contribution >= 4 is 11.9 Å². The molecular weight excluding hydrogens is 246 g/mol. The predicted molar refractivity (Wildman–Crippen MR) is 69.7 cm³/mol. The fraction of sp³-hybridized carbons (Fsp3) is 0.857. The minimum absolute atomic E-state index is 0.221. The molecule has 2 heterocycles. The average Bonchev–Trinajstić information content (AvgIpc) is 2.61. The number of amides is 1. The van der Waals surface area contributed by atoms with Crippen LogP contribution in [-0.4, -0.2) is 47.7 Å². The summed E-state index contributed by atoms with van der Waals surface area (Å²) >= 11 is 0. The number of fused-ring (bicyclic) bond motifs is 2. The molecule has 0 aromatic rings. The van der Waals surface area contributed by atoms with E-state index in [9.17, 15) is 9.59 Å². The Hall–Kier alpha value is -1.10. The number of hydrogen-bond donors (Lipinski definition) is 1. The summed E-state index contributed by atoms with van der Waals surface area (Å²) in [4.78, 5) is 25.0. The van der Waals surface area contributed by atoms with Crippen molar-refractivity contribution in [3.63, 3.8) is 0 Å². The molecule has 108 valence electrons. The van der Waals surface area contributed by atoms with Crippen LogP contribution in [0.1, 0.15) is 44.9 Å². The van der Waals surface area contributed by atoms with Crippen LogP contribution >= 0.6 is 0 Å². The first-order valence-corrected chi connectivity index (χ1v) is 7.13. The summed E-state index contributed by atoms with van der Waals surface area (Å²) in [5.74, 6) is -0.249. The number of methoxy groups -OCH3 is 1. The van der Waals surface area contributed by atoms with Gasteiger partial charge in [0.2, 0.25) is 5.91 Å². The molecule has 2 bridgehead atoms. The van der Waals surface area contributed by atoms with E-state index in [1.165, 1.54) is 0 Å². The Morgan fingerprint density at radius 2 is 1.89 bits per heavy atom. The van der Waals surface area contributed by atoms with E-state index in [4.69, 9.17) is 9.84 Å². The summed E-state index contributed by atoms with van der Waals surface area (Å²) in [7, 11) is 1.64. The fourth-order valence-electron chi connectivity index (χ4n) is 3.61. The normalized spacial score (nSPS) is 29.5. The van der Waals surface area contributed by atoms with Gasteiger partial charge in [-0.15, -0.1) is 0 Å². The third kappa shape index (κ3) is 3.47. The van der Waals surface area contributed by atoms with Gasteiger partial charge in [-0.3, -0.25) is 9.59 Å². The summed E-state index contributed by atoms with van der Waals surface area (Å²) in [6.45, 7) is 0.622. The molecule has 1 amide bonds. The van der Waals surface area contributed by atoms with E-state index in [0.717, 1.165) is 32.1 Å². The maximum Gasteiger partial charge on any atom is 0.303 e. The van der Waals surface area contributed by atoms with Crippen LogP contribution in [0.5, 0.6) is 0 Å². The van der Waals surface area contributed by atoms with Gasteiger partial charge in [-0.05, 0) is 38.0 Å². The van der Waals surface area contributed by atoms with Crippen molar-refractivity contribution in [1.29, 1.82) is 0 Å². The number of ether oxygens (including phenoxy) is 1. The van der Waals surface area contributed by atoms with Crippen molar-refractivity contribution in [3.05, 3.63) is 0 Å². The number of piperidine rings is 1. The van der Waals surface area contributed by atoms with Crippen molar-refractivity contribution in [2.24, 2.45) is 5.92 Å². The van der Waals surface area contributed by atoms with Gasteiger partial charge in [0.05, 0.1) is 0 Å². The minimum atomic E-state index is -0.718. The first-order valence-electron chi connectivity index (χ1n) is 7.13. The molecule has 19 heavy (non-hydrogen) atoms. The number of carbonyl (C=O) groups excluding carboxylic acids is 1. The third-order valence-corrected chi connectivity index (χ3v) is 4.32. The van der Waals surface area contributed by atoms with Crippen molar-refractivity contribution in [1.82, 2.24) is 4.90 Å². The molecule has 0 saturated carbocycles. The summed E-state index contributed by atoms with van der Waals surface area (Å²) in [5.41, 5.74) is 0. The molecule has 2 saturated heterocycles. The van der Waals surface area contributed by atoms with E-state index in [-0.39, 0.29) is 30.3 Å². The topological polar surface area (TPSA) is 66.8 Å². The maximum atomic E-state index is 12.2. The zero-order valence-electron chi connectivity index (χ0n) is 11.5. The second-order valence-electron chi connectivity index (χ2n) is 5.72. The molecule has 2 rings (SSSR count). The van der Waals surface area contributed by atoms with E-state index >= 15 is 0 Å². The molecule has 5 heteroatoms. The second kappa shape index (κ2) is 6.37. The van der Waals surface area contributed by atoms with Crippen LogP contribution < -0.4 is 0 Å². The summed E-state index contributed by atoms with van der Waals surface area (Å²) in [6.07, 6.45) is 5.36. The number of carbonyl (C=O) groups is 2. The van der Waals surface area contributed by atoms with E-state index in [0.29, 0.717) is 13.0 Å². The van der Waals surface area contributed by atoms with Gasteiger partial charge >= 0.3 is 5.97 Å². The van der Waals surface area contributed by atoms with Gasteiger partial charge in [0, 0.05) is 38.6 Å². The van der Waals surface area contributed by atoms with Crippen LogP contribution in [0.15, 0.2) is 0 Å². The second-order valence-corrected chi connectivity index (χ2v) is 5.72. The Kier molecular flexibility index (Phi) is 4.80. The molecule has 0 radical (unpaired) electrons. The highest BCUT2D eigenvalue weighted by Gasteiger charge is 2.43. The van der Waals surface area contributed by atoms with Gasteiger partial charge in [-0.2, -0.15) is 0 Å². The summed E-state index contributed by atoms with van der Waals surface area (Å²) in [5, 5.41) is 8.88. The standard InChI is InChI=1S/C14H23NO4/c1-19-6-2-3-13(16)15-11-4-5-12(15)8-10(7-11)9-14(17)18/h10-12H,2-9H2,1H3,(H,17,18). The lowest BCUT2D eigenvalue weighted by molar-refractivity contribution is -0.140. The van der Waals surface area contributed by atoms with Crippen LogP contribution in [0.4, 0.5) is 0 Å². The Morgan fingerprint density at radius 1 is 1.26 bits per heavy atom. The molecule has 1 N–H and O–H groups in total. The Balaban J connectivity index is 1.88. The fourth-order valence-corrected chi connectivity index (χ4v) is 3.61. The van der Waals surface area contributed by atoms with Gasteiger partial charge < -0.3 is 14.7 Å².